The summed E-state index contributed by atoms with van der Waals surface area (Å²) >= 11 is 0. The Labute approximate surface area is 166 Å². The Hall–Kier alpha value is -2.24. The molecule has 3 atom stereocenters. The van der Waals surface area contributed by atoms with Gasteiger partial charge in [0.2, 0.25) is 0 Å². The van der Waals surface area contributed by atoms with Crippen LogP contribution in [0.15, 0.2) is 24.3 Å². The van der Waals surface area contributed by atoms with Gasteiger partial charge in [-0.2, -0.15) is 0 Å². The molecule has 2 bridgehead atoms. The normalized spacial score (nSPS) is 26.4. The SMILES string of the molecule is COc1ccccc1N1CCN(C(=O)COC(=O)C[C@H]2C[C@H]3CC[C@@H]2C3)CC1. The number of ether oxygens (including phenoxy) is 2. The number of carbonyl (C=O) groups is 2. The topological polar surface area (TPSA) is 59.1 Å². The Bertz CT molecular complexity index is 714. The maximum absolute atomic E-state index is 12.4. The third-order valence-corrected chi connectivity index (χ3v) is 6.73. The van der Waals surface area contributed by atoms with Gasteiger partial charge in [-0.15, -0.1) is 0 Å². The molecule has 6 heteroatoms. The van der Waals surface area contributed by atoms with Crippen LogP contribution in [-0.4, -0.2) is 56.7 Å². The number of anilines is 1. The molecule has 1 aromatic carbocycles. The molecule has 1 aliphatic heterocycles. The van der Waals surface area contributed by atoms with Gasteiger partial charge >= 0.3 is 5.97 Å². The van der Waals surface area contributed by atoms with Crippen LogP contribution in [0.4, 0.5) is 5.69 Å². The molecule has 0 N–H and O–H groups in total. The predicted molar refractivity (Wildman–Crippen MR) is 106 cm³/mol. The van der Waals surface area contributed by atoms with Gasteiger partial charge in [0.25, 0.3) is 5.91 Å². The molecule has 0 radical (unpaired) electrons. The van der Waals surface area contributed by atoms with E-state index in [9.17, 15) is 9.59 Å². The molecule has 2 saturated carbocycles. The molecule has 152 valence electrons. The first-order valence-corrected chi connectivity index (χ1v) is 10.5. The number of carbonyl (C=O) groups excluding carboxylic acids is 2. The van der Waals surface area contributed by atoms with Crippen molar-refractivity contribution in [2.75, 3.05) is 44.8 Å². The molecule has 0 aromatic heterocycles. The van der Waals surface area contributed by atoms with Gasteiger partial charge < -0.3 is 19.3 Å². The lowest BCUT2D eigenvalue weighted by Gasteiger charge is -2.36. The third-order valence-electron chi connectivity index (χ3n) is 6.73. The summed E-state index contributed by atoms with van der Waals surface area (Å²) in [4.78, 5) is 28.6. The second-order valence-corrected chi connectivity index (χ2v) is 8.34. The first-order chi connectivity index (χ1) is 13.6. The molecule has 1 aromatic rings. The van der Waals surface area contributed by atoms with Gasteiger partial charge in [0.05, 0.1) is 12.8 Å². The summed E-state index contributed by atoms with van der Waals surface area (Å²) in [6.07, 6.45) is 5.52. The number of piperazine rings is 1. The number of nitrogens with zero attached hydrogens (tertiary/aromatic N) is 2. The number of fused-ring (bicyclic) bond motifs is 2. The van der Waals surface area contributed by atoms with Gasteiger partial charge in [-0.3, -0.25) is 9.59 Å². The molecule has 6 nitrogen and oxygen atoms in total. The summed E-state index contributed by atoms with van der Waals surface area (Å²) in [7, 11) is 1.67. The molecule has 3 fully saturated rings. The lowest BCUT2D eigenvalue weighted by Crippen LogP contribution is -2.50. The molecule has 0 unspecified atom stereocenters. The molecule has 0 spiro atoms. The fourth-order valence-electron chi connectivity index (χ4n) is 5.22. The minimum absolute atomic E-state index is 0.0963. The van der Waals surface area contributed by atoms with Crippen LogP contribution < -0.4 is 9.64 Å². The standard InChI is InChI=1S/C22H30N2O4/c1-27-20-5-3-2-4-19(20)23-8-10-24(11-9-23)21(25)15-28-22(26)14-18-13-16-6-7-17(18)12-16/h2-5,16-18H,6-15H2,1H3/t16-,17+,18+/m0/s1. The number of para-hydroxylation sites is 2. The van der Waals surface area contributed by atoms with Crippen LogP contribution in [0.25, 0.3) is 0 Å². The minimum atomic E-state index is -0.210. The molecule has 1 amide bonds. The molecule has 4 rings (SSSR count). The van der Waals surface area contributed by atoms with E-state index >= 15 is 0 Å². The lowest BCUT2D eigenvalue weighted by atomic mass is 9.86. The van der Waals surface area contributed by atoms with Crippen molar-refractivity contribution in [1.29, 1.82) is 0 Å². The van der Waals surface area contributed by atoms with E-state index < -0.39 is 0 Å². The van der Waals surface area contributed by atoms with Crippen LogP contribution in [0.3, 0.4) is 0 Å². The number of amides is 1. The molecule has 3 aliphatic rings. The maximum atomic E-state index is 12.4. The van der Waals surface area contributed by atoms with Crippen molar-refractivity contribution < 1.29 is 19.1 Å². The molecule has 28 heavy (non-hydrogen) atoms. The van der Waals surface area contributed by atoms with Gasteiger partial charge in [-0.1, -0.05) is 18.6 Å². The van der Waals surface area contributed by atoms with Crippen LogP contribution in [0.5, 0.6) is 5.75 Å². The number of hydrogen-bond donors (Lipinski definition) is 0. The number of esters is 1. The molecule has 1 saturated heterocycles. The average Bonchev–Trinajstić information content (AvgIpc) is 3.35. The largest absolute Gasteiger partial charge is 0.495 e. The summed E-state index contributed by atoms with van der Waals surface area (Å²) in [6, 6.07) is 7.92. The smallest absolute Gasteiger partial charge is 0.306 e. The van der Waals surface area contributed by atoms with Crippen molar-refractivity contribution in [3.05, 3.63) is 24.3 Å². The van der Waals surface area contributed by atoms with E-state index in [0.29, 0.717) is 31.3 Å². The van der Waals surface area contributed by atoms with E-state index in [4.69, 9.17) is 9.47 Å². The van der Waals surface area contributed by atoms with Crippen molar-refractivity contribution >= 4 is 17.6 Å². The lowest BCUT2D eigenvalue weighted by molar-refractivity contribution is -0.153. The van der Waals surface area contributed by atoms with Crippen LogP contribution in [-0.2, 0) is 14.3 Å². The number of rotatable bonds is 6. The first-order valence-electron chi connectivity index (χ1n) is 10.5. The van der Waals surface area contributed by atoms with Crippen LogP contribution >= 0.6 is 0 Å². The minimum Gasteiger partial charge on any atom is -0.495 e. The van der Waals surface area contributed by atoms with E-state index in [2.05, 4.69) is 4.90 Å². The Morgan fingerprint density at radius 3 is 2.54 bits per heavy atom. The van der Waals surface area contributed by atoms with E-state index in [0.717, 1.165) is 30.4 Å². The fraction of sp³-hybridized carbons (Fsp3) is 0.636. The first kappa shape index (κ1) is 19.1. The van der Waals surface area contributed by atoms with Crippen LogP contribution in [0.1, 0.15) is 32.1 Å². The second-order valence-electron chi connectivity index (χ2n) is 8.34. The van der Waals surface area contributed by atoms with Gasteiger partial charge in [0.15, 0.2) is 6.61 Å². The van der Waals surface area contributed by atoms with Crippen LogP contribution in [0, 0.1) is 17.8 Å². The highest BCUT2D eigenvalue weighted by atomic mass is 16.5. The van der Waals surface area contributed by atoms with Gasteiger partial charge in [0, 0.05) is 32.6 Å². The highest BCUT2D eigenvalue weighted by Crippen LogP contribution is 2.49. The second kappa shape index (κ2) is 8.41. The van der Waals surface area contributed by atoms with Crippen molar-refractivity contribution in [2.24, 2.45) is 17.8 Å². The Kier molecular flexibility index (Phi) is 5.74. The van der Waals surface area contributed by atoms with Crippen molar-refractivity contribution in [3.8, 4) is 5.75 Å². The molecular formula is C22H30N2O4. The van der Waals surface area contributed by atoms with E-state index in [1.165, 1.54) is 25.7 Å². The quantitative estimate of drug-likeness (QED) is 0.704. The monoisotopic (exact) mass is 386 g/mol. The van der Waals surface area contributed by atoms with E-state index in [1.807, 2.05) is 24.3 Å². The Morgan fingerprint density at radius 1 is 1.07 bits per heavy atom. The summed E-state index contributed by atoms with van der Waals surface area (Å²) in [5.74, 6) is 2.54. The van der Waals surface area contributed by atoms with Crippen LogP contribution in [0.2, 0.25) is 0 Å². The summed E-state index contributed by atoms with van der Waals surface area (Å²) in [5, 5.41) is 0. The molecule has 1 heterocycles. The van der Waals surface area contributed by atoms with Crippen molar-refractivity contribution in [3.63, 3.8) is 0 Å². The zero-order chi connectivity index (χ0) is 19.5. The fourth-order valence-corrected chi connectivity index (χ4v) is 5.22. The zero-order valence-electron chi connectivity index (χ0n) is 16.6. The highest BCUT2D eigenvalue weighted by molar-refractivity contribution is 5.81. The van der Waals surface area contributed by atoms with Gasteiger partial charge in [-0.05, 0) is 49.1 Å². The summed E-state index contributed by atoms with van der Waals surface area (Å²) in [5.41, 5.74) is 1.05. The average molecular weight is 386 g/mol. The van der Waals surface area contributed by atoms with Crippen molar-refractivity contribution in [2.45, 2.75) is 32.1 Å². The highest BCUT2D eigenvalue weighted by Gasteiger charge is 2.40. The van der Waals surface area contributed by atoms with Gasteiger partial charge in [0.1, 0.15) is 5.75 Å². The van der Waals surface area contributed by atoms with E-state index in [-0.39, 0.29) is 18.5 Å². The molecule has 2 aliphatic carbocycles. The predicted octanol–water partition coefficient (Wildman–Crippen LogP) is 2.71. The van der Waals surface area contributed by atoms with Gasteiger partial charge in [-0.25, -0.2) is 0 Å². The zero-order valence-corrected chi connectivity index (χ0v) is 16.6. The summed E-state index contributed by atoms with van der Waals surface area (Å²) < 4.78 is 10.7. The molecular weight excluding hydrogens is 356 g/mol. The maximum Gasteiger partial charge on any atom is 0.306 e. The Morgan fingerprint density at radius 2 is 1.86 bits per heavy atom. The van der Waals surface area contributed by atoms with E-state index in [1.54, 1.807) is 12.0 Å². The van der Waals surface area contributed by atoms with Crippen molar-refractivity contribution in [1.82, 2.24) is 4.90 Å². The number of hydrogen-bond acceptors (Lipinski definition) is 5. The number of benzene rings is 1. The summed E-state index contributed by atoms with van der Waals surface area (Å²) in [6.45, 7) is 2.60. The Balaban J connectivity index is 1.20. The number of methoxy groups -OCH3 is 1. The third kappa shape index (κ3) is 4.10.